The van der Waals surface area contributed by atoms with Crippen molar-refractivity contribution in [3.05, 3.63) is 32.7 Å². The molecule has 66 valence electrons. The van der Waals surface area contributed by atoms with E-state index >= 15 is 0 Å². The maximum Gasteiger partial charge on any atom is 0.0430 e. The topological polar surface area (TPSA) is 52.0 Å². The van der Waals surface area contributed by atoms with Gasteiger partial charge in [0.15, 0.2) is 0 Å². The highest BCUT2D eigenvalue weighted by Gasteiger charge is 2.07. The molecule has 4 N–H and O–H groups in total. The minimum atomic E-state index is -0.0903. The van der Waals surface area contributed by atoms with Gasteiger partial charge >= 0.3 is 0 Å². The van der Waals surface area contributed by atoms with Crippen molar-refractivity contribution >= 4 is 31.9 Å². The van der Waals surface area contributed by atoms with Gasteiger partial charge in [-0.2, -0.15) is 0 Å². The lowest BCUT2D eigenvalue weighted by atomic mass is 10.1. The van der Waals surface area contributed by atoms with Gasteiger partial charge in [0.05, 0.1) is 0 Å². The average Bonchev–Trinajstić information content (AvgIpc) is 2.03. The molecule has 1 aromatic carbocycles. The summed E-state index contributed by atoms with van der Waals surface area (Å²) in [6.07, 6.45) is 0. The number of nitrogens with two attached hydrogens (primary N) is 2. The highest BCUT2D eigenvalue weighted by molar-refractivity contribution is 9.11. The molecule has 0 aliphatic heterocycles. The quantitative estimate of drug-likeness (QED) is 0.878. The zero-order chi connectivity index (χ0) is 9.14. The van der Waals surface area contributed by atoms with E-state index < -0.39 is 0 Å². The molecule has 0 fully saturated rings. The molecule has 0 aromatic heterocycles. The second-order valence-corrected chi connectivity index (χ2v) is 4.28. The standard InChI is InChI=1S/C8H10Br2N2/c9-5-1-2-6(7(10)3-5)8(12)4-11/h1-3,8H,4,11-12H2/t8-/m0/s1. The number of halogens is 2. The number of rotatable bonds is 2. The van der Waals surface area contributed by atoms with Gasteiger partial charge in [0.2, 0.25) is 0 Å². The molecule has 2 nitrogen and oxygen atoms in total. The van der Waals surface area contributed by atoms with Crippen LogP contribution < -0.4 is 11.5 Å². The first-order valence-corrected chi connectivity index (χ1v) is 5.14. The van der Waals surface area contributed by atoms with Crippen LogP contribution in [0, 0.1) is 0 Å². The van der Waals surface area contributed by atoms with Gasteiger partial charge in [-0.05, 0) is 17.7 Å². The van der Waals surface area contributed by atoms with E-state index in [0.717, 1.165) is 14.5 Å². The van der Waals surface area contributed by atoms with Crippen LogP contribution in [0.1, 0.15) is 11.6 Å². The normalized spacial score (nSPS) is 13.0. The molecule has 0 aliphatic carbocycles. The maximum atomic E-state index is 5.77. The molecule has 0 bridgehead atoms. The summed E-state index contributed by atoms with van der Waals surface area (Å²) < 4.78 is 2.03. The molecular weight excluding hydrogens is 284 g/mol. The number of hydrogen-bond acceptors (Lipinski definition) is 2. The summed E-state index contributed by atoms with van der Waals surface area (Å²) in [5.41, 5.74) is 12.3. The van der Waals surface area contributed by atoms with E-state index in [9.17, 15) is 0 Å². The lowest BCUT2D eigenvalue weighted by Gasteiger charge is -2.11. The van der Waals surface area contributed by atoms with Gasteiger partial charge in [0.1, 0.15) is 0 Å². The summed E-state index contributed by atoms with van der Waals surface area (Å²) in [6.45, 7) is 0.459. The van der Waals surface area contributed by atoms with Crippen molar-refractivity contribution < 1.29 is 0 Å². The van der Waals surface area contributed by atoms with E-state index in [2.05, 4.69) is 31.9 Å². The Balaban J connectivity index is 3.01. The Morgan fingerprint density at radius 1 is 1.33 bits per heavy atom. The van der Waals surface area contributed by atoms with Gasteiger partial charge in [-0.15, -0.1) is 0 Å². The number of benzene rings is 1. The Labute approximate surface area is 88.6 Å². The second-order valence-electron chi connectivity index (χ2n) is 2.51. The van der Waals surface area contributed by atoms with Gasteiger partial charge in [0, 0.05) is 21.5 Å². The minimum absolute atomic E-state index is 0.0903. The van der Waals surface area contributed by atoms with Gasteiger partial charge in [0.25, 0.3) is 0 Å². The average molecular weight is 294 g/mol. The van der Waals surface area contributed by atoms with E-state index in [1.165, 1.54) is 0 Å². The molecule has 0 spiro atoms. The minimum Gasteiger partial charge on any atom is -0.329 e. The summed E-state index contributed by atoms with van der Waals surface area (Å²) in [5, 5.41) is 0. The van der Waals surface area contributed by atoms with Crippen molar-refractivity contribution in [1.82, 2.24) is 0 Å². The van der Waals surface area contributed by atoms with Crippen LogP contribution in [0.3, 0.4) is 0 Å². The third kappa shape index (κ3) is 2.29. The predicted molar refractivity (Wildman–Crippen MR) is 57.8 cm³/mol. The maximum absolute atomic E-state index is 5.77. The van der Waals surface area contributed by atoms with Crippen LogP contribution in [0.15, 0.2) is 27.1 Å². The Hall–Kier alpha value is 0.1000. The van der Waals surface area contributed by atoms with Gasteiger partial charge in [-0.1, -0.05) is 37.9 Å². The SMILES string of the molecule is NC[C@H](N)c1ccc(Br)cc1Br. The van der Waals surface area contributed by atoms with Crippen LogP contribution >= 0.6 is 31.9 Å². The van der Waals surface area contributed by atoms with E-state index in [0.29, 0.717) is 6.54 Å². The van der Waals surface area contributed by atoms with Crippen molar-refractivity contribution in [3.63, 3.8) is 0 Å². The monoisotopic (exact) mass is 292 g/mol. The molecule has 12 heavy (non-hydrogen) atoms. The van der Waals surface area contributed by atoms with Gasteiger partial charge in [-0.3, -0.25) is 0 Å². The van der Waals surface area contributed by atoms with E-state index in [1.807, 2.05) is 18.2 Å². The Morgan fingerprint density at radius 2 is 2.00 bits per heavy atom. The fourth-order valence-electron chi connectivity index (χ4n) is 0.929. The number of hydrogen-bond donors (Lipinski definition) is 2. The summed E-state index contributed by atoms with van der Waals surface area (Å²) in [7, 11) is 0. The van der Waals surface area contributed by atoms with Crippen LogP contribution in [0.25, 0.3) is 0 Å². The van der Waals surface area contributed by atoms with Crippen molar-refractivity contribution in [1.29, 1.82) is 0 Å². The zero-order valence-corrected chi connectivity index (χ0v) is 9.60. The Kier molecular flexibility index (Phi) is 3.71. The lowest BCUT2D eigenvalue weighted by Crippen LogP contribution is -2.21. The highest BCUT2D eigenvalue weighted by atomic mass is 79.9. The smallest absolute Gasteiger partial charge is 0.0430 e. The first-order valence-electron chi connectivity index (χ1n) is 3.55. The van der Waals surface area contributed by atoms with Crippen molar-refractivity contribution in [2.75, 3.05) is 6.54 Å². The molecule has 0 heterocycles. The van der Waals surface area contributed by atoms with Crippen molar-refractivity contribution in [3.8, 4) is 0 Å². The summed E-state index contributed by atoms with van der Waals surface area (Å²) >= 11 is 6.79. The van der Waals surface area contributed by atoms with Crippen LogP contribution in [-0.2, 0) is 0 Å². The lowest BCUT2D eigenvalue weighted by molar-refractivity contribution is 0.733. The molecule has 1 aromatic rings. The molecular formula is C8H10Br2N2. The predicted octanol–water partition coefficient (Wildman–Crippen LogP) is 2.17. The first-order chi connectivity index (χ1) is 5.65. The zero-order valence-electron chi connectivity index (χ0n) is 6.43. The Bertz CT molecular complexity index is 276. The van der Waals surface area contributed by atoms with Gasteiger partial charge in [-0.25, -0.2) is 0 Å². The van der Waals surface area contributed by atoms with Crippen molar-refractivity contribution in [2.24, 2.45) is 11.5 Å². The molecule has 0 saturated carbocycles. The summed E-state index contributed by atoms with van der Waals surface area (Å²) in [5.74, 6) is 0. The molecule has 0 radical (unpaired) electrons. The molecule has 0 unspecified atom stereocenters. The van der Waals surface area contributed by atoms with Gasteiger partial charge < -0.3 is 11.5 Å². The molecule has 4 heteroatoms. The molecule has 1 rings (SSSR count). The largest absolute Gasteiger partial charge is 0.329 e. The van der Waals surface area contributed by atoms with Crippen molar-refractivity contribution in [2.45, 2.75) is 6.04 Å². The summed E-state index contributed by atoms with van der Waals surface area (Å²) in [4.78, 5) is 0. The first kappa shape index (κ1) is 10.2. The van der Waals surface area contributed by atoms with Crippen LogP contribution in [0.5, 0.6) is 0 Å². The second kappa shape index (κ2) is 4.37. The van der Waals surface area contributed by atoms with E-state index in [4.69, 9.17) is 11.5 Å². The molecule has 0 aliphatic rings. The summed E-state index contributed by atoms with van der Waals surface area (Å²) in [6, 6.07) is 5.79. The third-order valence-corrected chi connectivity index (χ3v) is 2.80. The fraction of sp³-hybridized carbons (Fsp3) is 0.250. The molecule has 1 atom stereocenters. The van der Waals surface area contributed by atoms with Crippen LogP contribution in [0.4, 0.5) is 0 Å². The van der Waals surface area contributed by atoms with E-state index in [1.54, 1.807) is 0 Å². The van der Waals surface area contributed by atoms with E-state index in [-0.39, 0.29) is 6.04 Å². The fourth-order valence-corrected chi connectivity index (χ4v) is 2.27. The highest BCUT2D eigenvalue weighted by Crippen LogP contribution is 2.25. The molecule has 0 saturated heterocycles. The Morgan fingerprint density at radius 3 is 2.50 bits per heavy atom. The van der Waals surface area contributed by atoms with Crippen LogP contribution in [0.2, 0.25) is 0 Å². The molecule has 0 amide bonds. The third-order valence-electron chi connectivity index (χ3n) is 1.62. The van der Waals surface area contributed by atoms with Crippen LogP contribution in [-0.4, -0.2) is 6.54 Å².